The van der Waals surface area contributed by atoms with Crippen LogP contribution in [0.4, 0.5) is 0 Å². The first-order valence-corrected chi connectivity index (χ1v) is 7.75. The predicted octanol–water partition coefficient (Wildman–Crippen LogP) is 4.37. The van der Waals surface area contributed by atoms with Gasteiger partial charge in [0.15, 0.2) is 10.7 Å². The van der Waals surface area contributed by atoms with Crippen LogP contribution in [0.2, 0.25) is 5.02 Å². The van der Waals surface area contributed by atoms with Crippen molar-refractivity contribution in [2.24, 2.45) is 5.92 Å². The summed E-state index contributed by atoms with van der Waals surface area (Å²) in [7, 11) is 0. The number of hydrogen-bond donors (Lipinski definition) is 0. The van der Waals surface area contributed by atoms with Crippen LogP contribution in [0.3, 0.4) is 0 Å². The van der Waals surface area contributed by atoms with Crippen LogP contribution >= 0.6 is 34.8 Å². The smallest absolute Gasteiger partial charge is 0.336 e. The van der Waals surface area contributed by atoms with Crippen LogP contribution in [0.5, 0.6) is 0 Å². The zero-order valence-electron chi connectivity index (χ0n) is 11.7. The molecule has 1 aromatic carbocycles. The number of esters is 1. The number of carbonyl (C=O) groups excluding carboxylic acids is 2. The second kappa shape index (κ2) is 6.86. The summed E-state index contributed by atoms with van der Waals surface area (Å²) in [6, 6.07) is 6.54. The molecule has 2 unspecified atom stereocenters. The standard InChI is InChI=1S/C16H13Cl3O3/c1-2-22-15(21)16(19)8-7-11(9-13(16)18)14(20)10-3-5-12(17)6-4-10/h3-9,11H,2H2,1H3. The summed E-state index contributed by atoms with van der Waals surface area (Å²) in [6.45, 7) is 1.87. The number of hydrogen-bond acceptors (Lipinski definition) is 3. The molecule has 0 heterocycles. The Labute approximate surface area is 143 Å². The van der Waals surface area contributed by atoms with Gasteiger partial charge >= 0.3 is 5.97 Å². The highest BCUT2D eigenvalue weighted by Gasteiger charge is 2.41. The number of carbonyl (C=O) groups is 2. The van der Waals surface area contributed by atoms with Gasteiger partial charge in [-0.25, -0.2) is 4.79 Å². The second-order valence-electron chi connectivity index (χ2n) is 4.70. The van der Waals surface area contributed by atoms with Crippen LogP contribution in [0.15, 0.2) is 47.5 Å². The minimum absolute atomic E-state index is 0.0578. The van der Waals surface area contributed by atoms with Crippen molar-refractivity contribution in [1.82, 2.24) is 0 Å². The first-order chi connectivity index (χ1) is 10.4. The monoisotopic (exact) mass is 358 g/mol. The molecule has 0 saturated carbocycles. The number of rotatable bonds is 4. The van der Waals surface area contributed by atoms with Gasteiger partial charge in [0, 0.05) is 10.6 Å². The molecule has 2 rings (SSSR count). The number of halogens is 3. The fraction of sp³-hybridized carbons (Fsp3) is 0.250. The van der Waals surface area contributed by atoms with Gasteiger partial charge in [-0.15, -0.1) is 0 Å². The SMILES string of the molecule is CCOC(=O)C1(Cl)C=CC(C(=O)c2ccc(Cl)cc2)C=C1Cl. The van der Waals surface area contributed by atoms with Crippen molar-refractivity contribution in [2.75, 3.05) is 6.61 Å². The number of ether oxygens (including phenoxy) is 1. The lowest BCUT2D eigenvalue weighted by molar-refractivity contribution is -0.143. The number of allylic oxidation sites excluding steroid dienone is 2. The van der Waals surface area contributed by atoms with E-state index in [0.29, 0.717) is 10.6 Å². The van der Waals surface area contributed by atoms with Crippen molar-refractivity contribution in [2.45, 2.75) is 11.8 Å². The summed E-state index contributed by atoms with van der Waals surface area (Å²) in [4.78, 5) is 22.7. The van der Waals surface area contributed by atoms with E-state index >= 15 is 0 Å². The molecule has 3 nitrogen and oxygen atoms in total. The van der Waals surface area contributed by atoms with Gasteiger partial charge in [-0.05, 0) is 31.2 Å². The van der Waals surface area contributed by atoms with E-state index in [4.69, 9.17) is 39.5 Å². The maximum Gasteiger partial charge on any atom is 0.336 e. The summed E-state index contributed by atoms with van der Waals surface area (Å²) in [5.74, 6) is -1.41. The van der Waals surface area contributed by atoms with E-state index in [-0.39, 0.29) is 17.4 Å². The molecule has 0 saturated heterocycles. The van der Waals surface area contributed by atoms with Crippen LogP contribution < -0.4 is 0 Å². The van der Waals surface area contributed by atoms with Gasteiger partial charge in [-0.1, -0.05) is 53.0 Å². The average Bonchev–Trinajstić information content (AvgIpc) is 2.50. The Hall–Kier alpha value is -1.29. The lowest BCUT2D eigenvalue weighted by Gasteiger charge is -2.25. The molecular formula is C16H13Cl3O3. The van der Waals surface area contributed by atoms with Crippen LogP contribution in [0.1, 0.15) is 17.3 Å². The predicted molar refractivity (Wildman–Crippen MR) is 87.6 cm³/mol. The first kappa shape index (κ1) is 17.1. The summed E-state index contributed by atoms with van der Waals surface area (Å²) in [6.07, 6.45) is 4.41. The molecule has 2 atom stereocenters. The summed E-state index contributed by atoms with van der Waals surface area (Å²) < 4.78 is 4.90. The van der Waals surface area contributed by atoms with E-state index in [1.165, 1.54) is 12.2 Å². The van der Waals surface area contributed by atoms with Crippen molar-refractivity contribution in [3.8, 4) is 0 Å². The fourth-order valence-corrected chi connectivity index (χ4v) is 2.61. The van der Waals surface area contributed by atoms with Gasteiger partial charge in [0.25, 0.3) is 0 Å². The van der Waals surface area contributed by atoms with E-state index in [9.17, 15) is 9.59 Å². The molecule has 1 aliphatic carbocycles. The third kappa shape index (κ3) is 3.37. The molecule has 0 fully saturated rings. The largest absolute Gasteiger partial charge is 0.464 e. The number of Topliss-reactive ketones (excluding diaryl/α,β-unsaturated/α-hetero) is 1. The van der Waals surface area contributed by atoms with Crippen molar-refractivity contribution >= 4 is 46.6 Å². The minimum atomic E-state index is -1.56. The summed E-state index contributed by atoms with van der Waals surface area (Å²) in [5.41, 5.74) is 0.498. The van der Waals surface area contributed by atoms with Gasteiger partial charge < -0.3 is 4.74 Å². The maximum absolute atomic E-state index is 12.4. The molecule has 6 heteroatoms. The van der Waals surface area contributed by atoms with Crippen molar-refractivity contribution < 1.29 is 14.3 Å². The van der Waals surface area contributed by atoms with Gasteiger partial charge in [-0.2, -0.15) is 0 Å². The number of benzene rings is 1. The van der Waals surface area contributed by atoms with E-state index in [2.05, 4.69) is 0 Å². The summed E-state index contributed by atoms with van der Waals surface area (Å²) >= 11 is 18.1. The Morgan fingerprint density at radius 1 is 1.23 bits per heavy atom. The lowest BCUT2D eigenvalue weighted by atomic mass is 9.89. The molecule has 0 aliphatic heterocycles. The Morgan fingerprint density at radius 3 is 2.41 bits per heavy atom. The van der Waals surface area contributed by atoms with E-state index in [1.807, 2.05) is 0 Å². The third-order valence-corrected chi connectivity index (χ3v) is 4.47. The van der Waals surface area contributed by atoms with Gasteiger partial charge in [0.2, 0.25) is 0 Å². The van der Waals surface area contributed by atoms with Crippen molar-refractivity contribution in [3.63, 3.8) is 0 Å². The Balaban J connectivity index is 2.22. The van der Waals surface area contributed by atoms with Crippen molar-refractivity contribution in [1.29, 1.82) is 0 Å². The second-order valence-corrected chi connectivity index (χ2v) is 6.14. The average molecular weight is 360 g/mol. The molecule has 0 amide bonds. The van der Waals surface area contributed by atoms with Crippen LogP contribution in [0.25, 0.3) is 0 Å². The first-order valence-electron chi connectivity index (χ1n) is 6.61. The molecule has 0 aromatic heterocycles. The molecule has 0 radical (unpaired) electrons. The van der Waals surface area contributed by atoms with Gasteiger partial charge in [0.1, 0.15) is 0 Å². The zero-order chi connectivity index (χ0) is 16.3. The normalized spacial score (nSPS) is 23.8. The molecule has 0 N–H and O–H groups in total. The maximum atomic E-state index is 12.4. The molecule has 1 aromatic rings. The molecule has 0 spiro atoms. The molecular weight excluding hydrogens is 347 g/mol. The van der Waals surface area contributed by atoms with Crippen LogP contribution in [-0.2, 0) is 9.53 Å². The highest BCUT2D eigenvalue weighted by molar-refractivity contribution is 6.47. The van der Waals surface area contributed by atoms with E-state index in [1.54, 1.807) is 37.3 Å². The third-order valence-electron chi connectivity index (χ3n) is 3.21. The highest BCUT2D eigenvalue weighted by Crippen LogP contribution is 2.37. The van der Waals surface area contributed by atoms with Crippen molar-refractivity contribution in [3.05, 3.63) is 58.1 Å². The Morgan fingerprint density at radius 2 is 1.86 bits per heavy atom. The number of alkyl halides is 1. The summed E-state index contributed by atoms with van der Waals surface area (Å²) in [5, 5.41) is 0.605. The molecule has 22 heavy (non-hydrogen) atoms. The van der Waals surface area contributed by atoms with E-state index < -0.39 is 16.8 Å². The fourth-order valence-electron chi connectivity index (χ4n) is 2.02. The zero-order valence-corrected chi connectivity index (χ0v) is 14.0. The molecule has 116 valence electrons. The highest BCUT2D eigenvalue weighted by atomic mass is 35.5. The van der Waals surface area contributed by atoms with Gasteiger partial charge in [-0.3, -0.25) is 4.79 Å². The quantitative estimate of drug-likeness (QED) is 0.347. The lowest BCUT2D eigenvalue weighted by Crippen LogP contribution is -2.35. The van der Waals surface area contributed by atoms with Crippen LogP contribution in [0, 0.1) is 5.92 Å². The van der Waals surface area contributed by atoms with E-state index in [0.717, 1.165) is 0 Å². The topological polar surface area (TPSA) is 43.4 Å². The molecule has 1 aliphatic rings. The van der Waals surface area contributed by atoms with Gasteiger partial charge in [0.05, 0.1) is 17.6 Å². The minimum Gasteiger partial charge on any atom is -0.464 e. The Kier molecular flexibility index (Phi) is 5.32. The van der Waals surface area contributed by atoms with Crippen LogP contribution in [-0.4, -0.2) is 23.2 Å². The molecule has 0 bridgehead atoms. The number of ketones is 1. The Bertz CT molecular complexity index is 649.